The van der Waals surface area contributed by atoms with Crippen LogP contribution in [-0.4, -0.2) is 45.9 Å². The lowest BCUT2D eigenvalue weighted by Crippen LogP contribution is -2.11. The van der Waals surface area contributed by atoms with Crippen LogP contribution >= 0.6 is 0 Å². The first kappa shape index (κ1) is 12.5. The SMILES string of the molecule is C=C(CCCOCCOC)N(C)C. The predicted molar refractivity (Wildman–Crippen MR) is 54.8 cm³/mol. The molecule has 0 bridgehead atoms. The summed E-state index contributed by atoms with van der Waals surface area (Å²) >= 11 is 0. The van der Waals surface area contributed by atoms with Gasteiger partial charge >= 0.3 is 0 Å². The van der Waals surface area contributed by atoms with Gasteiger partial charge in [0.1, 0.15) is 0 Å². The molecule has 0 atom stereocenters. The molecule has 0 unspecified atom stereocenters. The van der Waals surface area contributed by atoms with Crippen molar-refractivity contribution in [2.24, 2.45) is 0 Å². The molecule has 0 amide bonds. The van der Waals surface area contributed by atoms with E-state index in [9.17, 15) is 0 Å². The van der Waals surface area contributed by atoms with E-state index in [2.05, 4.69) is 6.58 Å². The van der Waals surface area contributed by atoms with Crippen LogP contribution in [0.2, 0.25) is 0 Å². The molecular weight excluding hydrogens is 166 g/mol. The smallest absolute Gasteiger partial charge is 0.0700 e. The Morgan fingerprint density at radius 1 is 1.23 bits per heavy atom. The van der Waals surface area contributed by atoms with Crippen molar-refractivity contribution in [2.45, 2.75) is 12.8 Å². The Balaban J connectivity index is 3.12. The van der Waals surface area contributed by atoms with Crippen LogP contribution in [0.5, 0.6) is 0 Å². The van der Waals surface area contributed by atoms with Gasteiger partial charge in [-0.25, -0.2) is 0 Å². The van der Waals surface area contributed by atoms with Crippen molar-refractivity contribution in [1.29, 1.82) is 0 Å². The summed E-state index contributed by atoms with van der Waals surface area (Å²) in [6.45, 7) is 6.08. The molecule has 0 saturated carbocycles. The second kappa shape index (κ2) is 8.08. The summed E-state index contributed by atoms with van der Waals surface area (Å²) in [4.78, 5) is 2.04. The van der Waals surface area contributed by atoms with Crippen LogP contribution < -0.4 is 0 Å². The molecule has 0 aliphatic rings. The molecule has 0 radical (unpaired) electrons. The van der Waals surface area contributed by atoms with E-state index in [1.165, 1.54) is 0 Å². The van der Waals surface area contributed by atoms with E-state index in [1.807, 2.05) is 19.0 Å². The highest BCUT2D eigenvalue weighted by Gasteiger charge is 1.95. The fourth-order valence-corrected chi connectivity index (χ4v) is 0.846. The summed E-state index contributed by atoms with van der Waals surface area (Å²) in [5.41, 5.74) is 1.15. The predicted octanol–water partition coefficient (Wildman–Crippen LogP) is 1.50. The van der Waals surface area contributed by atoms with Gasteiger partial charge in [-0.1, -0.05) is 6.58 Å². The van der Waals surface area contributed by atoms with Crippen molar-refractivity contribution in [2.75, 3.05) is 41.0 Å². The van der Waals surface area contributed by atoms with E-state index >= 15 is 0 Å². The van der Waals surface area contributed by atoms with Crippen LogP contribution in [0.4, 0.5) is 0 Å². The van der Waals surface area contributed by atoms with E-state index in [4.69, 9.17) is 9.47 Å². The summed E-state index contributed by atoms with van der Waals surface area (Å²) < 4.78 is 10.2. The number of allylic oxidation sites excluding steroid dienone is 1. The van der Waals surface area contributed by atoms with Crippen molar-refractivity contribution < 1.29 is 9.47 Å². The third kappa shape index (κ3) is 7.81. The maximum atomic E-state index is 5.32. The molecule has 0 aromatic heterocycles. The van der Waals surface area contributed by atoms with Gasteiger partial charge in [0.05, 0.1) is 13.2 Å². The largest absolute Gasteiger partial charge is 0.382 e. The molecule has 13 heavy (non-hydrogen) atoms. The monoisotopic (exact) mass is 187 g/mol. The first-order chi connectivity index (χ1) is 6.18. The zero-order chi connectivity index (χ0) is 10.1. The van der Waals surface area contributed by atoms with E-state index in [-0.39, 0.29) is 0 Å². The van der Waals surface area contributed by atoms with Gasteiger partial charge < -0.3 is 14.4 Å². The highest BCUT2D eigenvalue weighted by atomic mass is 16.5. The number of hydrogen-bond donors (Lipinski definition) is 0. The van der Waals surface area contributed by atoms with Gasteiger partial charge in [0.2, 0.25) is 0 Å². The van der Waals surface area contributed by atoms with Crippen LogP contribution in [0.3, 0.4) is 0 Å². The fraction of sp³-hybridized carbons (Fsp3) is 0.800. The molecule has 0 saturated heterocycles. The molecule has 3 nitrogen and oxygen atoms in total. The summed E-state index contributed by atoms with van der Waals surface area (Å²) in [5, 5.41) is 0. The Kier molecular flexibility index (Phi) is 7.74. The summed E-state index contributed by atoms with van der Waals surface area (Å²) in [6.07, 6.45) is 2.03. The second-order valence-corrected chi connectivity index (χ2v) is 3.17. The lowest BCUT2D eigenvalue weighted by atomic mass is 10.2. The van der Waals surface area contributed by atoms with E-state index in [0.29, 0.717) is 13.2 Å². The zero-order valence-electron chi connectivity index (χ0n) is 9.01. The average molecular weight is 187 g/mol. The molecule has 0 aliphatic carbocycles. The zero-order valence-corrected chi connectivity index (χ0v) is 9.01. The van der Waals surface area contributed by atoms with Gasteiger partial charge in [0.25, 0.3) is 0 Å². The molecule has 0 fully saturated rings. The third-order valence-electron chi connectivity index (χ3n) is 1.82. The Hall–Kier alpha value is -0.540. The van der Waals surface area contributed by atoms with Gasteiger partial charge in [0.15, 0.2) is 0 Å². The number of methoxy groups -OCH3 is 1. The molecule has 0 aromatic carbocycles. The average Bonchev–Trinajstić information content (AvgIpc) is 2.10. The first-order valence-electron chi connectivity index (χ1n) is 4.60. The number of rotatable bonds is 8. The molecule has 0 rings (SSSR count). The first-order valence-corrected chi connectivity index (χ1v) is 4.60. The molecule has 0 spiro atoms. The van der Waals surface area contributed by atoms with Crippen LogP contribution in [0, 0.1) is 0 Å². The minimum absolute atomic E-state index is 0.675. The Labute approximate surface area is 81.3 Å². The van der Waals surface area contributed by atoms with Crippen molar-refractivity contribution >= 4 is 0 Å². The molecule has 0 aromatic rings. The minimum atomic E-state index is 0.675. The van der Waals surface area contributed by atoms with Crippen molar-refractivity contribution in [3.05, 3.63) is 12.3 Å². The molecule has 78 valence electrons. The minimum Gasteiger partial charge on any atom is -0.382 e. The Morgan fingerprint density at radius 3 is 2.46 bits per heavy atom. The van der Waals surface area contributed by atoms with Gasteiger partial charge in [-0.15, -0.1) is 0 Å². The van der Waals surface area contributed by atoms with Crippen LogP contribution in [0.15, 0.2) is 12.3 Å². The molecule has 3 heteroatoms. The van der Waals surface area contributed by atoms with Gasteiger partial charge in [-0.3, -0.25) is 0 Å². The van der Waals surface area contributed by atoms with Gasteiger partial charge in [0, 0.05) is 33.5 Å². The quantitative estimate of drug-likeness (QED) is 0.538. The standard InChI is InChI=1S/C10H21NO2/c1-10(11(2)3)6-5-7-13-9-8-12-4/h1,5-9H2,2-4H3. The summed E-state index contributed by atoms with van der Waals surface area (Å²) in [6, 6.07) is 0. The third-order valence-corrected chi connectivity index (χ3v) is 1.82. The molecular formula is C10H21NO2. The molecule has 0 aliphatic heterocycles. The normalized spacial score (nSPS) is 10.1. The van der Waals surface area contributed by atoms with Crippen LogP contribution in [0.25, 0.3) is 0 Å². The summed E-state index contributed by atoms with van der Waals surface area (Å²) in [7, 11) is 5.69. The Bertz CT molecular complexity index is 135. The summed E-state index contributed by atoms with van der Waals surface area (Å²) in [5.74, 6) is 0. The maximum Gasteiger partial charge on any atom is 0.0700 e. The number of hydrogen-bond acceptors (Lipinski definition) is 3. The van der Waals surface area contributed by atoms with Gasteiger partial charge in [-0.2, -0.15) is 0 Å². The van der Waals surface area contributed by atoms with Crippen LogP contribution in [0.1, 0.15) is 12.8 Å². The topological polar surface area (TPSA) is 21.7 Å². The van der Waals surface area contributed by atoms with Crippen molar-refractivity contribution in [3.63, 3.8) is 0 Å². The lowest BCUT2D eigenvalue weighted by molar-refractivity contribution is 0.0691. The number of ether oxygens (including phenoxy) is 2. The van der Waals surface area contributed by atoms with E-state index in [1.54, 1.807) is 7.11 Å². The van der Waals surface area contributed by atoms with E-state index < -0.39 is 0 Å². The molecule has 0 heterocycles. The fourth-order valence-electron chi connectivity index (χ4n) is 0.846. The Morgan fingerprint density at radius 2 is 1.92 bits per heavy atom. The van der Waals surface area contributed by atoms with Crippen LogP contribution in [-0.2, 0) is 9.47 Å². The lowest BCUT2D eigenvalue weighted by Gasteiger charge is -2.15. The second-order valence-electron chi connectivity index (χ2n) is 3.17. The number of nitrogens with zero attached hydrogens (tertiary/aromatic N) is 1. The highest BCUT2D eigenvalue weighted by molar-refractivity contribution is 4.89. The van der Waals surface area contributed by atoms with E-state index in [0.717, 1.165) is 25.1 Å². The van der Waals surface area contributed by atoms with Gasteiger partial charge in [-0.05, 0) is 12.8 Å². The maximum absolute atomic E-state index is 5.32. The molecule has 0 N–H and O–H groups in total. The van der Waals surface area contributed by atoms with Crippen molar-refractivity contribution in [3.8, 4) is 0 Å². The highest BCUT2D eigenvalue weighted by Crippen LogP contribution is 2.04. The van der Waals surface area contributed by atoms with Crippen molar-refractivity contribution in [1.82, 2.24) is 4.90 Å².